The third kappa shape index (κ3) is 3.62. The SMILES string of the molecule is C=CCSC1=NN2C(=c3ccccc3=N[C@@H]2[C@@H]2C[C@H]3C(=CCCC3(C)C)C[C@H]2C)C(=O)N1. The second-order valence-corrected chi connectivity index (χ2v) is 11.2. The normalized spacial score (nSPS) is 30.7. The van der Waals surface area contributed by atoms with Gasteiger partial charge in [-0.25, -0.2) is 5.01 Å². The highest BCUT2D eigenvalue weighted by molar-refractivity contribution is 8.14. The van der Waals surface area contributed by atoms with Gasteiger partial charge in [0, 0.05) is 16.9 Å². The zero-order valence-corrected chi connectivity index (χ0v) is 20.0. The summed E-state index contributed by atoms with van der Waals surface area (Å²) in [5.41, 5.74) is 2.56. The van der Waals surface area contributed by atoms with Crippen molar-refractivity contribution in [3.8, 4) is 0 Å². The molecule has 4 atom stereocenters. The zero-order valence-electron chi connectivity index (χ0n) is 19.2. The number of hydrogen-bond acceptors (Lipinski definition) is 5. The van der Waals surface area contributed by atoms with E-state index in [1.165, 1.54) is 24.6 Å². The predicted octanol–water partition coefficient (Wildman–Crippen LogP) is 3.78. The van der Waals surface area contributed by atoms with E-state index in [0.717, 1.165) is 23.4 Å². The number of hydrazone groups is 1. The summed E-state index contributed by atoms with van der Waals surface area (Å²) in [6.45, 7) is 11.0. The van der Waals surface area contributed by atoms with Crippen LogP contribution in [0.25, 0.3) is 5.70 Å². The minimum absolute atomic E-state index is 0.0963. The molecule has 5 rings (SSSR count). The summed E-state index contributed by atoms with van der Waals surface area (Å²) in [5, 5.41) is 12.2. The summed E-state index contributed by atoms with van der Waals surface area (Å²) >= 11 is 1.50. The third-order valence-electron chi connectivity index (χ3n) is 7.65. The molecule has 0 saturated heterocycles. The van der Waals surface area contributed by atoms with Gasteiger partial charge in [-0.2, -0.15) is 0 Å². The first kappa shape index (κ1) is 21.5. The van der Waals surface area contributed by atoms with Crippen molar-refractivity contribution in [3.63, 3.8) is 0 Å². The van der Waals surface area contributed by atoms with Crippen LogP contribution in [0.15, 0.2) is 58.7 Å². The smallest absolute Gasteiger partial charge is 0.276 e. The molecular formula is C26H32N4OS. The van der Waals surface area contributed by atoms with E-state index in [4.69, 9.17) is 10.1 Å². The van der Waals surface area contributed by atoms with Crippen molar-refractivity contribution >= 4 is 28.5 Å². The molecule has 0 aromatic heterocycles. The lowest BCUT2D eigenvalue weighted by atomic mass is 9.58. The summed E-state index contributed by atoms with van der Waals surface area (Å²) in [7, 11) is 0. The Morgan fingerprint density at radius 2 is 2.16 bits per heavy atom. The molecule has 32 heavy (non-hydrogen) atoms. The Hall–Kier alpha value is -2.34. The molecule has 6 heteroatoms. The number of thioether (sulfide) groups is 1. The fraction of sp³-hybridized carbons (Fsp3) is 0.500. The number of allylic oxidation sites excluding steroid dienone is 2. The number of carbonyl (C=O) groups excluding carboxylic acids is 1. The minimum atomic E-state index is -0.167. The van der Waals surface area contributed by atoms with Gasteiger partial charge < -0.3 is 0 Å². The van der Waals surface area contributed by atoms with Crippen LogP contribution in [0.4, 0.5) is 0 Å². The van der Waals surface area contributed by atoms with Crippen molar-refractivity contribution in [1.29, 1.82) is 0 Å². The van der Waals surface area contributed by atoms with Gasteiger partial charge in [-0.15, -0.1) is 11.7 Å². The van der Waals surface area contributed by atoms with Gasteiger partial charge >= 0.3 is 0 Å². The minimum Gasteiger partial charge on any atom is -0.298 e. The Morgan fingerprint density at radius 1 is 1.34 bits per heavy atom. The van der Waals surface area contributed by atoms with Gasteiger partial charge in [-0.1, -0.05) is 68.5 Å². The Labute approximate surface area is 194 Å². The molecular weight excluding hydrogens is 416 g/mol. The lowest BCUT2D eigenvalue weighted by Crippen LogP contribution is -2.56. The molecule has 2 heterocycles. The maximum atomic E-state index is 13.2. The Morgan fingerprint density at radius 3 is 2.97 bits per heavy atom. The molecule has 168 valence electrons. The number of amidine groups is 1. The number of amides is 1. The Kier molecular flexibility index (Phi) is 5.52. The lowest BCUT2D eigenvalue weighted by Gasteiger charge is -2.49. The van der Waals surface area contributed by atoms with Crippen LogP contribution >= 0.6 is 11.8 Å². The van der Waals surface area contributed by atoms with E-state index in [2.05, 4.69) is 38.7 Å². The topological polar surface area (TPSA) is 57.1 Å². The number of rotatable bonds is 3. The first-order valence-electron chi connectivity index (χ1n) is 11.7. The van der Waals surface area contributed by atoms with E-state index in [0.29, 0.717) is 39.8 Å². The monoisotopic (exact) mass is 448 g/mol. The fourth-order valence-electron chi connectivity index (χ4n) is 5.92. The summed E-state index contributed by atoms with van der Waals surface area (Å²) in [4.78, 5) is 18.5. The Bertz CT molecular complexity index is 1130. The molecule has 2 aliphatic heterocycles. The van der Waals surface area contributed by atoms with Gasteiger partial charge in [0.1, 0.15) is 11.9 Å². The molecule has 1 aromatic rings. The van der Waals surface area contributed by atoms with E-state index in [9.17, 15) is 4.79 Å². The van der Waals surface area contributed by atoms with Crippen molar-refractivity contribution in [2.75, 3.05) is 5.75 Å². The molecule has 0 radical (unpaired) electrons. The van der Waals surface area contributed by atoms with Crippen molar-refractivity contribution in [3.05, 3.63) is 59.1 Å². The van der Waals surface area contributed by atoms with Gasteiger partial charge in [-0.05, 0) is 49.0 Å². The fourth-order valence-corrected chi connectivity index (χ4v) is 6.51. The standard InChI is InChI=1S/C26H32N4OS/c1-5-13-32-25-28-24(31)22-18-10-6-7-11-21(18)27-23(30(22)29-25)19-15-20-17(14-16(19)2)9-8-12-26(20,3)4/h5-7,9-11,16,19-20,23H,1,8,12-15H2,2-4H3,(H,28,29,31)/t16-,19-,20+,23+/m1/s1. The predicted molar refractivity (Wildman–Crippen MR) is 131 cm³/mol. The van der Waals surface area contributed by atoms with Crippen LogP contribution in [0.1, 0.15) is 46.5 Å². The average molecular weight is 449 g/mol. The molecule has 4 aliphatic rings. The van der Waals surface area contributed by atoms with Crippen LogP contribution in [0, 0.1) is 23.2 Å². The molecule has 0 spiro atoms. The summed E-state index contributed by atoms with van der Waals surface area (Å²) < 4.78 is 0. The highest BCUT2D eigenvalue weighted by Crippen LogP contribution is 2.52. The zero-order chi connectivity index (χ0) is 22.5. The van der Waals surface area contributed by atoms with E-state index in [-0.39, 0.29) is 12.1 Å². The van der Waals surface area contributed by atoms with Crippen molar-refractivity contribution in [1.82, 2.24) is 10.3 Å². The molecule has 5 nitrogen and oxygen atoms in total. The van der Waals surface area contributed by atoms with Crippen molar-refractivity contribution in [2.45, 2.75) is 52.6 Å². The van der Waals surface area contributed by atoms with Crippen LogP contribution in [0.2, 0.25) is 0 Å². The first-order chi connectivity index (χ1) is 15.4. The van der Waals surface area contributed by atoms with E-state index < -0.39 is 0 Å². The number of nitrogens with zero attached hydrogens (tertiary/aromatic N) is 3. The second-order valence-electron chi connectivity index (χ2n) is 10.2. The van der Waals surface area contributed by atoms with Crippen LogP contribution in [-0.4, -0.2) is 28.0 Å². The lowest BCUT2D eigenvalue weighted by molar-refractivity contribution is -0.116. The number of fused-ring (bicyclic) bond motifs is 3. The van der Waals surface area contributed by atoms with E-state index in [1.807, 2.05) is 35.4 Å². The largest absolute Gasteiger partial charge is 0.298 e. The summed E-state index contributed by atoms with van der Waals surface area (Å²) in [5.74, 6) is 1.99. The van der Waals surface area contributed by atoms with Crippen molar-refractivity contribution in [2.24, 2.45) is 33.3 Å². The van der Waals surface area contributed by atoms with Gasteiger partial charge in [-0.3, -0.25) is 15.1 Å². The molecule has 0 unspecified atom stereocenters. The van der Waals surface area contributed by atoms with E-state index >= 15 is 0 Å². The second kappa shape index (κ2) is 8.22. The van der Waals surface area contributed by atoms with E-state index in [1.54, 1.807) is 5.57 Å². The summed E-state index contributed by atoms with van der Waals surface area (Å²) in [6.07, 6.45) is 8.78. The van der Waals surface area contributed by atoms with Crippen LogP contribution in [-0.2, 0) is 4.79 Å². The van der Waals surface area contributed by atoms with Crippen LogP contribution in [0.5, 0.6) is 0 Å². The van der Waals surface area contributed by atoms with Gasteiger partial charge in [0.15, 0.2) is 5.17 Å². The van der Waals surface area contributed by atoms with Crippen LogP contribution < -0.4 is 15.9 Å². The average Bonchev–Trinajstić information content (AvgIpc) is 2.76. The number of hydrogen-bond donors (Lipinski definition) is 1. The molecule has 1 amide bonds. The molecule has 1 fully saturated rings. The van der Waals surface area contributed by atoms with Gasteiger partial charge in [0.25, 0.3) is 5.91 Å². The molecule has 2 aliphatic carbocycles. The highest BCUT2D eigenvalue weighted by Gasteiger charge is 2.46. The third-order valence-corrected chi connectivity index (χ3v) is 8.51. The Balaban J connectivity index is 1.59. The van der Waals surface area contributed by atoms with Gasteiger partial charge in [0.05, 0.1) is 5.36 Å². The number of carbonyl (C=O) groups is 1. The molecule has 1 saturated carbocycles. The molecule has 0 bridgehead atoms. The van der Waals surface area contributed by atoms with Crippen LogP contribution in [0.3, 0.4) is 0 Å². The summed E-state index contributed by atoms with van der Waals surface area (Å²) in [6, 6.07) is 7.96. The maximum Gasteiger partial charge on any atom is 0.276 e. The van der Waals surface area contributed by atoms with Crippen molar-refractivity contribution < 1.29 is 4.79 Å². The quantitative estimate of drug-likeness (QED) is 0.716. The number of nitrogens with one attached hydrogen (secondary N) is 1. The highest BCUT2D eigenvalue weighted by atomic mass is 32.2. The van der Waals surface area contributed by atoms with Gasteiger partial charge in [0.2, 0.25) is 0 Å². The maximum absolute atomic E-state index is 13.2. The molecule has 1 aromatic carbocycles. The first-order valence-corrected chi connectivity index (χ1v) is 12.7. The number of para-hydroxylation sites is 1. The molecule has 1 N–H and O–H groups in total. The number of benzene rings is 1.